The van der Waals surface area contributed by atoms with E-state index in [1.165, 1.54) is 22.3 Å². The van der Waals surface area contributed by atoms with Crippen molar-refractivity contribution < 1.29 is 4.79 Å². The second-order valence-electron chi connectivity index (χ2n) is 10.5. The Balaban J connectivity index is 1.16. The highest BCUT2D eigenvalue weighted by Crippen LogP contribution is 2.42. The summed E-state index contributed by atoms with van der Waals surface area (Å²) in [6, 6.07) is 32.5. The van der Waals surface area contributed by atoms with Crippen molar-refractivity contribution in [2.24, 2.45) is 11.8 Å². The maximum Gasteiger partial charge on any atom is 0.193 e. The summed E-state index contributed by atoms with van der Waals surface area (Å²) in [5, 5.41) is 0. The monoisotopic (exact) mass is 496 g/mol. The van der Waals surface area contributed by atoms with Crippen LogP contribution < -0.4 is 11.5 Å². The number of allylic oxidation sites excluding steroid dienone is 4. The first-order valence-corrected chi connectivity index (χ1v) is 13.4. The zero-order chi connectivity index (χ0) is 26.1. The third-order valence-corrected chi connectivity index (χ3v) is 8.02. The Labute approximate surface area is 224 Å². The van der Waals surface area contributed by atoms with Crippen LogP contribution in [-0.2, 0) is 12.8 Å². The van der Waals surface area contributed by atoms with Gasteiger partial charge in [0, 0.05) is 33.6 Å². The van der Waals surface area contributed by atoms with Gasteiger partial charge in [0.2, 0.25) is 0 Å². The molecule has 3 heteroatoms. The van der Waals surface area contributed by atoms with Crippen LogP contribution in [0, 0.1) is 11.8 Å². The summed E-state index contributed by atoms with van der Waals surface area (Å²) < 4.78 is 0. The third-order valence-electron chi connectivity index (χ3n) is 8.02. The van der Waals surface area contributed by atoms with Gasteiger partial charge >= 0.3 is 0 Å². The van der Waals surface area contributed by atoms with Gasteiger partial charge in [-0.3, -0.25) is 4.79 Å². The second-order valence-corrected chi connectivity index (χ2v) is 10.5. The van der Waals surface area contributed by atoms with Gasteiger partial charge in [-0.25, -0.2) is 0 Å². The van der Waals surface area contributed by atoms with Crippen LogP contribution in [0.4, 0.5) is 11.4 Å². The third kappa shape index (κ3) is 4.68. The molecular formula is C35H32N2O. The number of carbonyl (C=O) groups is 1. The molecule has 3 nitrogen and oxygen atoms in total. The normalized spacial score (nSPS) is 18.1. The first kappa shape index (κ1) is 24.0. The minimum Gasteiger partial charge on any atom is -0.398 e. The van der Waals surface area contributed by atoms with Crippen molar-refractivity contribution in [3.05, 3.63) is 143 Å². The van der Waals surface area contributed by atoms with Gasteiger partial charge in [-0.05, 0) is 71.9 Å². The molecule has 0 amide bonds. The molecule has 4 aromatic rings. The van der Waals surface area contributed by atoms with E-state index in [0.717, 1.165) is 36.8 Å². The average molecular weight is 497 g/mol. The highest BCUT2D eigenvalue weighted by molar-refractivity contribution is 6.10. The van der Waals surface area contributed by atoms with Crippen LogP contribution in [0.5, 0.6) is 0 Å². The van der Waals surface area contributed by atoms with Gasteiger partial charge in [-0.2, -0.15) is 0 Å². The van der Waals surface area contributed by atoms with Crippen molar-refractivity contribution in [1.29, 1.82) is 0 Å². The van der Waals surface area contributed by atoms with Gasteiger partial charge < -0.3 is 11.5 Å². The molecule has 6 rings (SSSR count). The number of hydrogen-bond acceptors (Lipinski definition) is 3. The molecule has 2 aliphatic carbocycles. The maximum absolute atomic E-state index is 13.4. The molecule has 2 aliphatic rings. The van der Waals surface area contributed by atoms with Crippen molar-refractivity contribution in [3.8, 4) is 0 Å². The van der Waals surface area contributed by atoms with Gasteiger partial charge in [-0.15, -0.1) is 0 Å². The first-order chi connectivity index (χ1) is 18.6. The van der Waals surface area contributed by atoms with E-state index in [-0.39, 0.29) is 5.78 Å². The summed E-state index contributed by atoms with van der Waals surface area (Å²) in [5.41, 5.74) is 22.7. The Hall–Kier alpha value is -4.37. The van der Waals surface area contributed by atoms with Gasteiger partial charge in [0.1, 0.15) is 0 Å². The van der Waals surface area contributed by atoms with Crippen LogP contribution in [0.1, 0.15) is 51.0 Å². The average Bonchev–Trinajstić information content (AvgIpc) is 2.92. The predicted octanol–water partition coefficient (Wildman–Crippen LogP) is 7.37. The van der Waals surface area contributed by atoms with E-state index in [0.29, 0.717) is 34.3 Å². The zero-order valence-corrected chi connectivity index (χ0v) is 21.4. The molecule has 0 radical (unpaired) electrons. The van der Waals surface area contributed by atoms with Crippen molar-refractivity contribution in [1.82, 2.24) is 0 Å². The summed E-state index contributed by atoms with van der Waals surface area (Å²) in [4.78, 5) is 13.4. The van der Waals surface area contributed by atoms with Gasteiger partial charge in [0.05, 0.1) is 0 Å². The van der Waals surface area contributed by atoms with Crippen LogP contribution >= 0.6 is 0 Å². The quantitative estimate of drug-likeness (QED) is 0.198. The first-order valence-electron chi connectivity index (χ1n) is 13.4. The molecule has 2 atom stereocenters. The lowest BCUT2D eigenvalue weighted by Crippen LogP contribution is -2.16. The van der Waals surface area contributed by atoms with E-state index < -0.39 is 0 Å². The van der Waals surface area contributed by atoms with E-state index in [4.69, 9.17) is 11.5 Å². The molecular weight excluding hydrogens is 464 g/mol. The van der Waals surface area contributed by atoms with Crippen molar-refractivity contribution in [3.63, 3.8) is 0 Å². The summed E-state index contributed by atoms with van der Waals surface area (Å²) in [5.74, 6) is 0.855. The Morgan fingerprint density at radius 1 is 0.605 bits per heavy atom. The smallest absolute Gasteiger partial charge is 0.193 e. The number of ketones is 1. The standard InChI is InChI=1S/C35H32N2O/c36-33-21-27(13-17-31(33)29-15-11-25(29)19-23-7-3-1-4-8-23)35(38)28-14-18-32(34(37)22-28)30-16-12-26(30)20-24-9-5-2-6-10-24/h1-10,13-18,21-22,25-26H,11-12,19-20,36-37H2. The lowest BCUT2D eigenvalue weighted by Gasteiger charge is -2.29. The molecule has 4 aromatic carbocycles. The summed E-state index contributed by atoms with van der Waals surface area (Å²) in [6.45, 7) is 0. The molecule has 2 unspecified atom stereocenters. The fraction of sp³-hybridized carbons (Fsp3) is 0.171. The Bertz CT molecular complexity index is 1430. The number of carbonyl (C=O) groups excluding carboxylic acids is 1. The van der Waals surface area contributed by atoms with Crippen molar-refractivity contribution >= 4 is 28.3 Å². The van der Waals surface area contributed by atoms with E-state index in [1.807, 2.05) is 48.5 Å². The van der Waals surface area contributed by atoms with Crippen LogP contribution in [0.15, 0.2) is 109 Å². The Kier molecular flexibility index (Phi) is 6.43. The van der Waals surface area contributed by atoms with Crippen LogP contribution in [0.3, 0.4) is 0 Å². The highest BCUT2D eigenvalue weighted by Gasteiger charge is 2.26. The van der Waals surface area contributed by atoms with Crippen LogP contribution in [0.2, 0.25) is 0 Å². The lowest BCUT2D eigenvalue weighted by molar-refractivity contribution is 0.103. The van der Waals surface area contributed by atoms with E-state index >= 15 is 0 Å². The summed E-state index contributed by atoms with van der Waals surface area (Å²) in [7, 11) is 0. The van der Waals surface area contributed by atoms with E-state index in [9.17, 15) is 4.79 Å². The molecule has 0 bridgehead atoms. The van der Waals surface area contributed by atoms with Crippen LogP contribution in [-0.4, -0.2) is 5.78 Å². The molecule has 188 valence electrons. The SMILES string of the molecule is Nc1cc(C(=O)c2ccc(C3=CCC3Cc3ccccc3)c(N)c2)ccc1C1=CCC1Cc1ccccc1. The van der Waals surface area contributed by atoms with Gasteiger partial charge in [0.15, 0.2) is 5.78 Å². The molecule has 0 heterocycles. The van der Waals surface area contributed by atoms with Crippen molar-refractivity contribution in [2.45, 2.75) is 25.7 Å². The number of anilines is 2. The zero-order valence-electron chi connectivity index (χ0n) is 21.4. The topological polar surface area (TPSA) is 69.1 Å². The minimum atomic E-state index is -0.0617. The highest BCUT2D eigenvalue weighted by atomic mass is 16.1. The Morgan fingerprint density at radius 3 is 1.37 bits per heavy atom. The maximum atomic E-state index is 13.4. The Morgan fingerprint density at radius 2 is 1.03 bits per heavy atom. The number of rotatable bonds is 8. The number of nitrogen functional groups attached to an aromatic ring is 2. The molecule has 0 fully saturated rings. The number of hydrogen-bond donors (Lipinski definition) is 2. The second kappa shape index (κ2) is 10.2. The largest absolute Gasteiger partial charge is 0.398 e. The van der Waals surface area contributed by atoms with Crippen LogP contribution in [0.25, 0.3) is 11.1 Å². The molecule has 0 saturated heterocycles. The predicted molar refractivity (Wildman–Crippen MR) is 158 cm³/mol. The number of nitrogens with two attached hydrogens (primary N) is 2. The molecule has 38 heavy (non-hydrogen) atoms. The fourth-order valence-corrected chi connectivity index (χ4v) is 5.75. The minimum absolute atomic E-state index is 0.0617. The van der Waals surface area contributed by atoms with Gasteiger partial charge in [-0.1, -0.05) is 97.1 Å². The van der Waals surface area contributed by atoms with E-state index in [2.05, 4.69) is 60.7 Å². The molecule has 0 spiro atoms. The van der Waals surface area contributed by atoms with Crippen molar-refractivity contribution in [2.75, 3.05) is 11.5 Å². The summed E-state index contributed by atoms with van der Waals surface area (Å²) >= 11 is 0. The molecule has 4 N–H and O–H groups in total. The molecule has 0 saturated carbocycles. The number of benzene rings is 4. The van der Waals surface area contributed by atoms with Gasteiger partial charge in [0.25, 0.3) is 0 Å². The fourth-order valence-electron chi connectivity index (χ4n) is 5.75. The summed E-state index contributed by atoms with van der Waals surface area (Å²) in [6.07, 6.45) is 8.61. The van der Waals surface area contributed by atoms with E-state index in [1.54, 1.807) is 0 Å². The lowest BCUT2D eigenvalue weighted by atomic mass is 9.76. The molecule has 0 aliphatic heterocycles. The molecule has 0 aromatic heterocycles.